The van der Waals surface area contributed by atoms with Crippen LogP contribution in [-0.2, 0) is 19.4 Å². The van der Waals surface area contributed by atoms with Gasteiger partial charge in [-0.25, -0.2) is 0 Å². The molecule has 108 valence electrons. The third kappa shape index (κ3) is 2.37. The highest BCUT2D eigenvalue weighted by Gasteiger charge is 2.19. The minimum Gasteiger partial charge on any atom is -0.323 e. The molecular formula is C15H20N2OS2. The van der Waals surface area contributed by atoms with Crippen LogP contribution in [0.2, 0.25) is 0 Å². The maximum atomic E-state index is 12.8. The van der Waals surface area contributed by atoms with Crippen molar-refractivity contribution < 1.29 is 0 Å². The van der Waals surface area contributed by atoms with Crippen LogP contribution in [0.4, 0.5) is 0 Å². The largest absolute Gasteiger partial charge is 0.323 e. The number of nitrogens with one attached hydrogen (secondary N) is 1. The molecule has 0 bridgehead atoms. The molecule has 1 aliphatic rings. The fourth-order valence-electron chi connectivity index (χ4n) is 2.99. The molecule has 5 heteroatoms. The van der Waals surface area contributed by atoms with E-state index < -0.39 is 0 Å². The Bertz CT molecular complexity index is 739. The zero-order valence-electron chi connectivity index (χ0n) is 11.8. The second kappa shape index (κ2) is 5.82. The van der Waals surface area contributed by atoms with Crippen LogP contribution in [0.3, 0.4) is 0 Å². The van der Waals surface area contributed by atoms with E-state index in [4.69, 9.17) is 12.2 Å². The number of aromatic nitrogens is 2. The van der Waals surface area contributed by atoms with E-state index in [9.17, 15) is 4.79 Å². The van der Waals surface area contributed by atoms with Crippen LogP contribution in [0.1, 0.15) is 49.5 Å². The molecule has 2 aromatic rings. The molecule has 1 N–H and O–H groups in total. The van der Waals surface area contributed by atoms with E-state index in [1.807, 2.05) is 0 Å². The molecular weight excluding hydrogens is 288 g/mol. The number of fused-ring (bicyclic) bond motifs is 3. The van der Waals surface area contributed by atoms with Gasteiger partial charge in [-0.1, -0.05) is 19.8 Å². The van der Waals surface area contributed by atoms with E-state index in [-0.39, 0.29) is 5.56 Å². The molecule has 0 radical (unpaired) electrons. The Morgan fingerprint density at radius 1 is 1.30 bits per heavy atom. The van der Waals surface area contributed by atoms with Gasteiger partial charge in [-0.3, -0.25) is 9.36 Å². The van der Waals surface area contributed by atoms with Gasteiger partial charge in [0.15, 0.2) is 4.77 Å². The molecule has 0 aliphatic heterocycles. The smallest absolute Gasteiger partial charge is 0.263 e. The molecule has 0 aromatic carbocycles. The van der Waals surface area contributed by atoms with Crippen LogP contribution in [0.25, 0.3) is 10.2 Å². The molecule has 0 saturated heterocycles. The summed E-state index contributed by atoms with van der Waals surface area (Å²) in [4.78, 5) is 18.4. The van der Waals surface area contributed by atoms with Crippen LogP contribution in [0, 0.1) is 4.77 Å². The Labute approximate surface area is 127 Å². The van der Waals surface area contributed by atoms with Crippen molar-refractivity contribution in [3.8, 4) is 0 Å². The normalized spacial score (nSPS) is 14.7. The van der Waals surface area contributed by atoms with Gasteiger partial charge in [-0.2, -0.15) is 0 Å². The first-order valence-electron chi connectivity index (χ1n) is 7.49. The van der Waals surface area contributed by atoms with Gasteiger partial charge >= 0.3 is 0 Å². The Hall–Kier alpha value is -0.940. The summed E-state index contributed by atoms with van der Waals surface area (Å²) < 4.78 is 2.34. The summed E-state index contributed by atoms with van der Waals surface area (Å²) in [6.07, 6.45) is 7.91. The van der Waals surface area contributed by atoms with Crippen molar-refractivity contribution in [1.29, 1.82) is 0 Å². The molecule has 3 rings (SSSR count). The maximum Gasteiger partial charge on any atom is 0.263 e. The molecule has 2 aromatic heterocycles. The minimum atomic E-state index is 0.124. The molecule has 1 aliphatic carbocycles. The van der Waals surface area contributed by atoms with E-state index in [2.05, 4.69) is 11.9 Å². The number of unbranched alkanes of at least 4 members (excludes halogenated alkanes) is 2. The highest BCUT2D eigenvalue weighted by Crippen LogP contribution is 2.33. The van der Waals surface area contributed by atoms with Crippen molar-refractivity contribution in [3.63, 3.8) is 0 Å². The minimum absolute atomic E-state index is 0.124. The average Bonchev–Trinajstić information content (AvgIpc) is 2.80. The number of aryl methyl sites for hydroxylation is 2. The van der Waals surface area contributed by atoms with E-state index in [1.165, 1.54) is 23.3 Å². The lowest BCUT2D eigenvalue weighted by molar-refractivity contribution is 0.578. The van der Waals surface area contributed by atoms with Crippen LogP contribution in [0.15, 0.2) is 4.79 Å². The summed E-state index contributed by atoms with van der Waals surface area (Å²) >= 11 is 7.10. The number of thiophene rings is 1. The summed E-state index contributed by atoms with van der Waals surface area (Å²) in [5.74, 6) is 0. The molecule has 3 nitrogen and oxygen atoms in total. The molecule has 0 fully saturated rings. The van der Waals surface area contributed by atoms with Gasteiger partial charge in [0.1, 0.15) is 4.83 Å². The highest BCUT2D eigenvalue weighted by molar-refractivity contribution is 7.71. The number of aromatic amines is 1. The van der Waals surface area contributed by atoms with Gasteiger partial charge in [0.2, 0.25) is 0 Å². The Morgan fingerprint density at radius 2 is 2.10 bits per heavy atom. The Balaban J connectivity index is 2.13. The standard InChI is InChI=1S/C15H20N2OS2/c1-2-3-6-9-17-14(18)12-10-7-4-5-8-11(10)20-13(12)16-15(17)19/h2-9H2,1H3,(H,16,19). The summed E-state index contributed by atoms with van der Waals surface area (Å²) in [6.45, 7) is 2.91. The lowest BCUT2D eigenvalue weighted by Crippen LogP contribution is -2.22. The summed E-state index contributed by atoms with van der Waals surface area (Å²) in [5, 5.41) is 0.912. The SMILES string of the molecule is CCCCCn1c(=S)[nH]c2sc3c(c2c1=O)CCCC3. The molecule has 20 heavy (non-hydrogen) atoms. The quantitative estimate of drug-likeness (QED) is 0.679. The van der Waals surface area contributed by atoms with Crippen molar-refractivity contribution in [2.75, 3.05) is 0 Å². The Morgan fingerprint density at radius 3 is 2.90 bits per heavy atom. The third-order valence-electron chi connectivity index (χ3n) is 4.08. The highest BCUT2D eigenvalue weighted by atomic mass is 32.1. The van der Waals surface area contributed by atoms with E-state index in [0.717, 1.165) is 48.9 Å². The number of rotatable bonds is 4. The predicted molar refractivity (Wildman–Crippen MR) is 87.4 cm³/mol. The average molecular weight is 308 g/mol. The lowest BCUT2D eigenvalue weighted by Gasteiger charge is -2.10. The van der Waals surface area contributed by atoms with Crippen molar-refractivity contribution in [3.05, 3.63) is 25.6 Å². The van der Waals surface area contributed by atoms with E-state index in [1.54, 1.807) is 15.9 Å². The number of hydrogen-bond donors (Lipinski definition) is 1. The predicted octanol–water partition coefficient (Wildman–Crippen LogP) is 4.19. The van der Waals surface area contributed by atoms with Crippen LogP contribution in [0.5, 0.6) is 0 Å². The maximum absolute atomic E-state index is 12.8. The van der Waals surface area contributed by atoms with Crippen LogP contribution >= 0.6 is 23.6 Å². The van der Waals surface area contributed by atoms with Gasteiger partial charge in [-0.05, 0) is 49.9 Å². The van der Waals surface area contributed by atoms with Gasteiger partial charge in [-0.15, -0.1) is 11.3 Å². The number of nitrogens with zero attached hydrogens (tertiary/aromatic N) is 1. The van der Waals surface area contributed by atoms with Gasteiger partial charge in [0.05, 0.1) is 5.39 Å². The molecule has 0 unspecified atom stereocenters. The fraction of sp³-hybridized carbons (Fsp3) is 0.600. The number of H-pyrrole nitrogens is 1. The van der Waals surface area contributed by atoms with E-state index >= 15 is 0 Å². The summed E-state index contributed by atoms with van der Waals surface area (Å²) in [7, 11) is 0. The first kappa shape index (κ1) is 14.0. The van der Waals surface area contributed by atoms with Gasteiger partial charge in [0.25, 0.3) is 5.56 Å². The first-order chi connectivity index (χ1) is 9.72. The second-order valence-corrected chi connectivity index (χ2v) is 7.00. The lowest BCUT2D eigenvalue weighted by atomic mass is 9.97. The van der Waals surface area contributed by atoms with Crippen molar-refractivity contribution in [1.82, 2.24) is 9.55 Å². The number of hydrogen-bond acceptors (Lipinski definition) is 3. The van der Waals surface area contributed by atoms with Crippen molar-refractivity contribution in [2.24, 2.45) is 0 Å². The third-order valence-corrected chi connectivity index (χ3v) is 5.61. The first-order valence-corrected chi connectivity index (χ1v) is 8.72. The molecule has 0 spiro atoms. The molecule has 0 saturated carbocycles. The zero-order valence-corrected chi connectivity index (χ0v) is 13.5. The topological polar surface area (TPSA) is 37.8 Å². The van der Waals surface area contributed by atoms with Gasteiger partial charge in [0, 0.05) is 11.4 Å². The van der Waals surface area contributed by atoms with Crippen LogP contribution in [-0.4, -0.2) is 9.55 Å². The van der Waals surface area contributed by atoms with Crippen molar-refractivity contribution >= 4 is 33.8 Å². The fourth-order valence-corrected chi connectivity index (χ4v) is 4.62. The monoisotopic (exact) mass is 308 g/mol. The van der Waals surface area contributed by atoms with Gasteiger partial charge < -0.3 is 4.98 Å². The molecule has 2 heterocycles. The second-order valence-electron chi connectivity index (χ2n) is 5.51. The van der Waals surface area contributed by atoms with E-state index in [0.29, 0.717) is 4.77 Å². The molecule has 0 amide bonds. The summed E-state index contributed by atoms with van der Waals surface area (Å²) in [5.41, 5.74) is 1.41. The molecule has 0 atom stereocenters. The van der Waals surface area contributed by atoms with Crippen LogP contribution < -0.4 is 5.56 Å². The van der Waals surface area contributed by atoms with Crippen molar-refractivity contribution in [2.45, 2.75) is 58.4 Å². The Kier molecular flexibility index (Phi) is 4.08. The summed E-state index contributed by atoms with van der Waals surface area (Å²) in [6, 6.07) is 0. The zero-order chi connectivity index (χ0) is 14.1.